The molecule has 134 valence electrons. The summed E-state index contributed by atoms with van der Waals surface area (Å²) in [6.45, 7) is 6.54. The van der Waals surface area contributed by atoms with E-state index in [-0.39, 0.29) is 11.7 Å². The van der Waals surface area contributed by atoms with Crippen molar-refractivity contribution in [1.82, 2.24) is 4.98 Å². The maximum absolute atomic E-state index is 12.6. The van der Waals surface area contributed by atoms with Gasteiger partial charge in [-0.25, -0.2) is 8.78 Å². The highest BCUT2D eigenvalue weighted by molar-refractivity contribution is 5.56. The molecule has 0 radical (unpaired) electrons. The highest BCUT2D eigenvalue weighted by atomic mass is 19.3. The van der Waals surface area contributed by atoms with E-state index in [4.69, 9.17) is 4.74 Å². The van der Waals surface area contributed by atoms with Crippen molar-refractivity contribution in [1.29, 1.82) is 0 Å². The molecular formula is C19H23F2N3O. The molecule has 3 rings (SSSR count). The van der Waals surface area contributed by atoms with Crippen molar-refractivity contribution in [2.24, 2.45) is 0 Å². The Balaban J connectivity index is 1.64. The summed E-state index contributed by atoms with van der Waals surface area (Å²) in [5, 5.41) is 3.38. The van der Waals surface area contributed by atoms with Gasteiger partial charge < -0.3 is 15.0 Å². The van der Waals surface area contributed by atoms with E-state index in [1.807, 2.05) is 19.1 Å². The quantitative estimate of drug-likeness (QED) is 0.869. The number of pyridine rings is 1. The summed E-state index contributed by atoms with van der Waals surface area (Å²) >= 11 is 0. The monoisotopic (exact) mass is 347 g/mol. The van der Waals surface area contributed by atoms with Crippen LogP contribution in [0.3, 0.4) is 0 Å². The molecule has 0 spiro atoms. The molecule has 0 saturated carbocycles. The molecule has 1 saturated heterocycles. The SMILES string of the molecule is CC(Nc1ccc(N2CCOCC2C)cc1)c1ccc(C(F)F)nc1. The van der Waals surface area contributed by atoms with Gasteiger partial charge in [0.15, 0.2) is 0 Å². The van der Waals surface area contributed by atoms with E-state index in [1.54, 1.807) is 6.07 Å². The van der Waals surface area contributed by atoms with Gasteiger partial charge in [-0.1, -0.05) is 6.07 Å². The molecule has 1 aromatic carbocycles. The molecule has 25 heavy (non-hydrogen) atoms. The highest BCUT2D eigenvalue weighted by Gasteiger charge is 2.19. The Morgan fingerprint density at radius 2 is 1.96 bits per heavy atom. The van der Waals surface area contributed by atoms with Crippen molar-refractivity contribution in [2.45, 2.75) is 32.4 Å². The number of ether oxygens (including phenoxy) is 1. The Kier molecular flexibility index (Phi) is 5.48. The van der Waals surface area contributed by atoms with E-state index in [0.29, 0.717) is 6.04 Å². The van der Waals surface area contributed by atoms with Crippen molar-refractivity contribution in [3.63, 3.8) is 0 Å². The molecule has 6 heteroatoms. The molecule has 4 nitrogen and oxygen atoms in total. The van der Waals surface area contributed by atoms with E-state index in [1.165, 1.54) is 18.0 Å². The van der Waals surface area contributed by atoms with Gasteiger partial charge in [0, 0.05) is 30.2 Å². The lowest BCUT2D eigenvalue weighted by Gasteiger charge is -2.35. The number of nitrogens with zero attached hydrogens (tertiary/aromatic N) is 2. The summed E-state index contributed by atoms with van der Waals surface area (Å²) in [6, 6.07) is 11.7. The summed E-state index contributed by atoms with van der Waals surface area (Å²) in [4.78, 5) is 6.15. The van der Waals surface area contributed by atoms with Gasteiger partial charge in [0.25, 0.3) is 6.43 Å². The van der Waals surface area contributed by atoms with Crippen LogP contribution in [-0.2, 0) is 4.74 Å². The number of benzene rings is 1. The van der Waals surface area contributed by atoms with Gasteiger partial charge in [0.1, 0.15) is 5.69 Å². The van der Waals surface area contributed by atoms with Crippen molar-refractivity contribution in [3.8, 4) is 0 Å². The second kappa shape index (κ2) is 7.78. The average Bonchev–Trinajstić information content (AvgIpc) is 2.63. The molecule has 2 unspecified atom stereocenters. The van der Waals surface area contributed by atoms with Crippen LogP contribution in [0.15, 0.2) is 42.6 Å². The number of aromatic nitrogens is 1. The van der Waals surface area contributed by atoms with Gasteiger partial charge in [0.05, 0.1) is 19.3 Å². The number of alkyl halides is 2. The molecule has 1 aliphatic rings. The van der Waals surface area contributed by atoms with E-state index in [0.717, 1.165) is 31.0 Å². The van der Waals surface area contributed by atoms with Gasteiger partial charge in [-0.05, 0) is 49.7 Å². The topological polar surface area (TPSA) is 37.4 Å². The van der Waals surface area contributed by atoms with Crippen LogP contribution in [-0.4, -0.2) is 30.8 Å². The molecule has 0 amide bonds. The summed E-state index contributed by atoms with van der Waals surface area (Å²) in [5.41, 5.74) is 2.84. The fraction of sp³-hybridized carbons (Fsp3) is 0.421. The standard InChI is InChI=1S/C19H23F2N3O/c1-13-12-25-10-9-24(13)17-6-4-16(5-7-17)23-14(2)15-3-8-18(19(20)21)22-11-15/h3-8,11,13-14,19,23H,9-10,12H2,1-2H3. The van der Waals surface area contributed by atoms with Crippen LogP contribution in [0, 0.1) is 0 Å². The van der Waals surface area contributed by atoms with Gasteiger partial charge in [0.2, 0.25) is 0 Å². The Morgan fingerprint density at radius 1 is 1.20 bits per heavy atom. The normalized spacial score (nSPS) is 19.1. The van der Waals surface area contributed by atoms with Gasteiger partial charge in [-0.15, -0.1) is 0 Å². The van der Waals surface area contributed by atoms with Crippen molar-refractivity contribution in [3.05, 3.63) is 53.9 Å². The van der Waals surface area contributed by atoms with E-state index >= 15 is 0 Å². The summed E-state index contributed by atoms with van der Waals surface area (Å²) < 4.78 is 30.6. The minimum Gasteiger partial charge on any atom is -0.378 e. The smallest absolute Gasteiger partial charge is 0.280 e. The zero-order valence-electron chi connectivity index (χ0n) is 14.5. The molecule has 2 heterocycles. The van der Waals surface area contributed by atoms with Crippen molar-refractivity contribution in [2.75, 3.05) is 30.0 Å². The number of hydrogen-bond donors (Lipinski definition) is 1. The molecule has 2 aromatic rings. The Morgan fingerprint density at radius 3 is 2.56 bits per heavy atom. The number of anilines is 2. The number of hydrogen-bond acceptors (Lipinski definition) is 4. The fourth-order valence-electron chi connectivity index (χ4n) is 3.00. The number of morpholine rings is 1. The van der Waals surface area contributed by atoms with Crippen LogP contribution in [0.4, 0.5) is 20.2 Å². The summed E-state index contributed by atoms with van der Waals surface area (Å²) in [6.07, 6.45) is -1.03. The Bertz CT molecular complexity index is 676. The van der Waals surface area contributed by atoms with E-state index < -0.39 is 6.43 Å². The van der Waals surface area contributed by atoms with Crippen LogP contribution in [0.1, 0.15) is 37.6 Å². The third-order valence-electron chi connectivity index (χ3n) is 4.48. The lowest BCUT2D eigenvalue weighted by molar-refractivity contribution is 0.0989. The Labute approximate surface area is 146 Å². The first-order chi connectivity index (χ1) is 12.0. The fourth-order valence-corrected chi connectivity index (χ4v) is 3.00. The molecule has 1 N–H and O–H groups in total. The number of rotatable bonds is 5. The molecular weight excluding hydrogens is 324 g/mol. The Hall–Kier alpha value is -2.21. The first-order valence-electron chi connectivity index (χ1n) is 8.49. The van der Waals surface area contributed by atoms with Crippen molar-refractivity contribution < 1.29 is 13.5 Å². The highest BCUT2D eigenvalue weighted by Crippen LogP contribution is 2.25. The summed E-state index contributed by atoms with van der Waals surface area (Å²) in [7, 11) is 0. The molecule has 1 aromatic heterocycles. The molecule has 1 aliphatic heterocycles. The third kappa shape index (κ3) is 4.25. The van der Waals surface area contributed by atoms with Gasteiger partial charge in [-0.2, -0.15) is 0 Å². The predicted octanol–water partition coefficient (Wildman–Crippen LogP) is 4.42. The second-order valence-electron chi connectivity index (χ2n) is 6.35. The summed E-state index contributed by atoms with van der Waals surface area (Å²) in [5.74, 6) is 0. The van der Waals surface area contributed by atoms with Gasteiger partial charge >= 0.3 is 0 Å². The zero-order valence-corrected chi connectivity index (χ0v) is 14.5. The average molecular weight is 347 g/mol. The molecule has 2 atom stereocenters. The first-order valence-corrected chi connectivity index (χ1v) is 8.49. The van der Waals surface area contributed by atoms with Crippen LogP contribution in [0.2, 0.25) is 0 Å². The molecule has 1 fully saturated rings. The largest absolute Gasteiger partial charge is 0.378 e. The minimum absolute atomic E-state index is 0.0209. The third-order valence-corrected chi connectivity index (χ3v) is 4.48. The first kappa shape index (κ1) is 17.6. The second-order valence-corrected chi connectivity index (χ2v) is 6.35. The lowest BCUT2D eigenvalue weighted by atomic mass is 10.1. The van der Waals surface area contributed by atoms with Gasteiger partial charge in [-0.3, -0.25) is 4.98 Å². The van der Waals surface area contributed by atoms with E-state index in [2.05, 4.69) is 34.3 Å². The number of halogens is 2. The van der Waals surface area contributed by atoms with Crippen LogP contribution < -0.4 is 10.2 Å². The predicted molar refractivity (Wildman–Crippen MR) is 95.3 cm³/mol. The lowest BCUT2D eigenvalue weighted by Crippen LogP contribution is -2.43. The van der Waals surface area contributed by atoms with Crippen molar-refractivity contribution >= 4 is 11.4 Å². The maximum atomic E-state index is 12.6. The number of nitrogens with one attached hydrogen (secondary N) is 1. The van der Waals surface area contributed by atoms with Crippen LogP contribution >= 0.6 is 0 Å². The molecule has 0 bridgehead atoms. The van der Waals surface area contributed by atoms with E-state index in [9.17, 15) is 8.78 Å². The van der Waals surface area contributed by atoms with Crippen LogP contribution in [0.5, 0.6) is 0 Å². The zero-order chi connectivity index (χ0) is 17.8. The molecule has 0 aliphatic carbocycles. The minimum atomic E-state index is -2.53. The van der Waals surface area contributed by atoms with Crippen LogP contribution in [0.25, 0.3) is 0 Å². The maximum Gasteiger partial charge on any atom is 0.280 e.